The average Bonchev–Trinajstić information content (AvgIpc) is 3.81. The number of aliphatic hydroxyl groups is 1. The van der Waals surface area contributed by atoms with E-state index < -0.39 is 83.5 Å². The Morgan fingerprint density at radius 3 is 2.09 bits per heavy atom. The second-order valence-corrected chi connectivity index (χ2v) is 17.4. The third kappa shape index (κ3) is 15.2. The summed E-state index contributed by atoms with van der Waals surface area (Å²) in [7, 11) is 0. The molecule has 0 bridgehead atoms. The van der Waals surface area contributed by atoms with E-state index in [4.69, 9.17) is 26.4 Å². The summed E-state index contributed by atoms with van der Waals surface area (Å²) < 4.78 is 63.2. The number of carbonyl (C=O) groups is 7. The molecule has 0 saturated heterocycles. The number of carboxylic acid groups (broad SMARTS) is 1. The van der Waals surface area contributed by atoms with Crippen molar-refractivity contribution in [1.82, 2.24) is 24.7 Å². The zero-order chi connectivity index (χ0) is 51.3. The van der Waals surface area contributed by atoms with E-state index in [2.05, 4.69) is 5.32 Å². The Balaban J connectivity index is 0.00000162. The standard InChI is InChI=1S/C44H58F2N8O7.C2HF3O2/c1-27(2)39(50-35(56)14-8-7-9-20-52-36(57)17-18-37(52)58)43(61)54(28(3)41(48)60)31-13-10-12-29(22-31)24-51-25-34(32-23-30(45)15-16-33(32)46)49-42(51)40(44(4,5)6)53(21-11-19-47)38(59)26-55;3-2(4,5)1(6)7/h10,12-13,15-18,22-23,25,27-28,39-40,55H,7-9,11,14,19-21,24,26,47H2,1-6H3,(H2,48,60)(H,50,56);(H,6,7)/t28-,39-,40-;/m0./s1. The fourth-order valence-corrected chi connectivity index (χ4v) is 7.31. The van der Waals surface area contributed by atoms with E-state index in [9.17, 15) is 51.4 Å². The van der Waals surface area contributed by atoms with Crippen molar-refractivity contribution in [3.63, 3.8) is 0 Å². The lowest BCUT2D eigenvalue weighted by molar-refractivity contribution is -0.192. The van der Waals surface area contributed by atoms with Crippen LogP contribution in [0.3, 0.4) is 0 Å². The van der Waals surface area contributed by atoms with Crippen molar-refractivity contribution in [1.29, 1.82) is 0 Å². The van der Waals surface area contributed by atoms with Gasteiger partial charge in [0.2, 0.25) is 17.7 Å². The minimum Gasteiger partial charge on any atom is -0.475 e. The van der Waals surface area contributed by atoms with Gasteiger partial charge in [-0.15, -0.1) is 0 Å². The number of aromatic nitrogens is 2. The van der Waals surface area contributed by atoms with Crippen LogP contribution in [-0.2, 0) is 40.1 Å². The van der Waals surface area contributed by atoms with Crippen LogP contribution in [0.25, 0.3) is 11.3 Å². The number of unbranched alkanes of at least 4 members (excludes halogenated alkanes) is 2. The Kier molecular flexibility index (Phi) is 20.1. The van der Waals surface area contributed by atoms with Gasteiger partial charge in [-0.3, -0.25) is 38.6 Å². The van der Waals surface area contributed by atoms with Crippen molar-refractivity contribution in [2.45, 2.75) is 104 Å². The van der Waals surface area contributed by atoms with E-state index in [1.807, 2.05) is 20.8 Å². The zero-order valence-corrected chi connectivity index (χ0v) is 38.7. The molecule has 0 saturated carbocycles. The lowest BCUT2D eigenvalue weighted by Gasteiger charge is -2.40. The molecule has 2 heterocycles. The van der Waals surface area contributed by atoms with Crippen LogP contribution in [0.5, 0.6) is 0 Å². The molecule has 68 heavy (non-hydrogen) atoms. The monoisotopic (exact) mass is 962 g/mol. The van der Waals surface area contributed by atoms with E-state index >= 15 is 4.39 Å². The molecule has 0 radical (unpaired) electrons. The van der Waals surface area contributed by atoms with Gasteiger partial charge in [0.25, 0.3) is 17.7 Å². The summed E-state index contributed by atoms with van der Waals surface area (Å²) in [4.78, 5) is 94.8. The van der Waals surface area contributed by atoms with Gasteiger partial charge < -0.3 is 36.5 Å². The molecule has 6 amide bonds. The number of hydrogen-bond acceptors (Lipinski definition) is 10. The van der Waals surface area contributed by atoms with Crippen LogP contribution in [0.15, 0.2) is 60.8 Å². The number of benzene rings is 2. The normalized spacial score (nSPS) is 14.0. The molecule has 0 spiro atoms. The van der Waals surface area contributed by atoms with Gasteiger partial charge in [0.15, 0.2) is 0 Å². The van der Waals surface area contributed by atoms with Crippen LogP contribution in [0, 0.1) is 23.0 Å². The van der Waals surface area contributed by atoms with Gasteiger partial charge in [0, 0.05) is 55.7 Å². The fourth-order valence-electron chi connectivity index (χ4n) is 7.31. The summed E-state index contributed by atoms with van der Waals surface area (Å²) in [5, 5.41) is 20.0. The van der Waals surface area contributed by atoms with Gasteiger partial charge in [-0.25, -0.2) is 18.6 Å². The van der Waals surface area contributed by atoms with Crippen LogP contribution in [-0.4, -0.2) is 115 Å². The molecule has 0 fully saturated rings. The second-order valence-electron chi connectivity index (χ2n) is 17.4. The molecular formula is C46H59F5N8O9. The Bertz CT molecular complexity index is 2310. The molecule has 0 aliphatic carbocycles. The van der Waals surface area contributed by atoms with Crippen LogP contribution in [0.2, 0.25) is 0 Å². The predicted octanol–water partition coefficient (Wildman–Crippen LogP) is 4.60. The van der Waals surface area contributed by atoms with Crippen molar-refractivity contribution in [3.8, 4) is 11.3 Å². The SMILES string of the molecule is CC(C)[C@H](NC(=O)CCCCCN1C(=O)C=CC1=O)C(=O)N(c1cccc(Cn2cc(-c3cc(F)ccc3F)nc2[C@H](N(CCCN)C(=O)CO)C(C)(C)C)c1)[C@@H](C)C(N)=O.O=C(O)C(F)(F)F. The third-order valence-electron chi connectivity index (χ3n) is 10.7. The molecule has 1 aromatic heterocycles. The second kappa shape index (κ2) is 24.5. The number of anilines is 1. The van der Waals surface area contributed by atoms with Gasteiger partial charge >= 0.3 is 12.1 Å². The summed E-state index contributed by atoms with van der Waals surface area (Å²) in [5.41, 5.74) is 11.8. The van der Waals surface area contributed by atoms with Gasteiger partial charge in [0.1, 0.15) is 36.1 Å². The van der Waals surface area contributed by atoms with Crippen molar-refractivity contribution in [2.75, 3.05) is 31.1 Å². The molecule has 0 unspecified atom stereocenters. The summed E-state index contributed by atoms with van der Waals surface area (Å²) in [6.07, 6.45) is 0.893. The highest BCUT2D eigenvalue weighted by molar-refractivity contribution is 6.12. The number of alkyl halides is 3. The molecule has 3 atom stereocenters. The number of imide groups is 1. The Morgan fingerprint density at radius 2 is 1.54 bits per heavy atom. The van der Waals surface area contributed by atoms with Crippen LogP contribution < -0.4 is 21.7 Å². The maximum absolute atomic E-state index is 15.2. The molecule has 2 aromatic carbocycles. The highest BCUT2D eigenvalue weighted by atomic mass is 19.4. The molecule has 1 aliphatic rings. The van der Waals surface area contributed by atoms with Gasteiger partial charge in [-0.05, 0) is 80.0 Å². The van der Waals surface area contributed by atoms with E-state index in [1.165, 1.54) is 28.9 Å². The molecule has 22 heteroatoms. The maximum atomic E-state index is 15.2. The van der Waals surface area contributed by atoms with E-state index in [1.54, 1.807) is 48.9 Å². The van der Waals surface area contributed by atoms with Crippen LogP contribution >= 0.6 is 0 Å². The molecule has 17 nitrogen and oxygen atoms in total. The molecule has 1 aliphatic heterocycles. The number of imidazole rings is 1. The largest absolute Gasteiger partial charge is 0.490 e. The lowest BCUT2D eigenvalue weighted by Crippen LogP contribution is -2.56. The summed E-state index contributed by atoms with van der Waals surface area (Å²) in [6.45, 7) is 10.6. The van der Waals surface area contributed by atoms with E-state index in [-0.39, 0.29) is 55.7 Å². The minimum absolute atomic E-state index is 0.0473. The zero-order valence-electron chi connectivity index (χ0n) is 38.7. The van der Waals surface area contributed by atoms with E-state index in [0.29, 0.717) is 42.8 Å². The number of nitrogens with zero attached hydrogens (tertiary/aromatic N) is 5. The van der Waals surface area contributed by atoms with Gasteiger partial charge in [-0.2, -0.15) is 13.2 Å². The minimum atomic E-state index is -5.08. The van der Waals surface area contributed by atoms with Gasteiger partial charge in [0.05, 0.1) is 11.7 Å². The van der Waals surface area contributed by atoms with E-state index in [0.717, 1.165) is 23.1 Å². The maximum Gasteiger partial charge on any atom is 0.490 e. The summed E-state index contributed by atoms with van der Waals surface area (Å²) >= 11 is 0. The number of rotatable bonds is 21. The first-order valence-electron chi connectivity index (χ1n) is 21.7. The van der Waals surface area contributed by atoms with Crippen LogP contribution in [0.4, 0.5) is 27.6 Å². The lowest BCUT2D eigenvalue weighted by atomic mass is 9.84. The highest BCUT2D eigenvalue weighted by Gasteiger charge is 2.40. The quantitative estimate of drug-likeness (QED) is 0.0561. The first kappa shape index (κ1) is 55.8. The van der Waals surface area contributed by atoms with Gasteiger partial charge in [-0.1, -0.05) is 53.2 Å². The fraction of sp³-hybridized carbons (Fsp3) is 0.478. The topological polar surface area (TPSA) is 252 Å². The number of aliphatic carboxylic acids is 1. The van der Waals surface area contributed by atoms with Crippen LogP contribution in [0.1, 0.15) is 91.1 Å². The van der Waals surface area contributed by atoms with Crippen molar-refractivity contribution in [3.05, 3.63) is 83.8 Å². The third-order valence-corrected chi connectivity index (χ3v) is 10.7. The molecule has 372 valence electrons. The number of hydrogen-bond donors (Lipinski definition) is 5. The molecular weight excluding hydrogens is 904 g/mol. The number of nitrogens with two attached hydrogens (primary N) is 2. The molecule has 4 rings (SSSR count). The first-order valence-corrected chi connectivity index (χ1v) is 21.7. The first-order chi connectivity index (χ1) is 31.7. The van der Waals surface area contributed by atoms with Crippen molar-refractivity contribution < 1.29 is 65.7 Å². The summed E-state index contributed by atoms with van der Waals surface area (Å²) in [5.74, 6) is -7.33. The Morgan fingerprint density at radius 1 is 0.912 bits per heavy atom. The number of carbonyl (C=O) groups excluding carboxylic acids is 6. The number of nitrogens with one attached hydrogen (secondary N) is 1. The Hall–Kier alpha value is -6.55. The number of primary amides is 1. The number of halogens is 5. The van der Waals surface area contributed by atoms with Crippen molar-refractivity contribution in [2.24, 2.45) is 22.8 Å². The Labute approximate surface area is 390 Å². The molecule has 7 N–H and O–H groups in total. The smallest absolute Gasteiger partial charge is 0.475 e. The number of carboxylic acids is 1. The highest BCUT2D eigenvalue weighted by Crippen LogP contribution is 2.40. The summed E-state index contributed by atoms with van der Waals surface area (Å²) in [6, 6.07) is 6.77. The van der Waals surface area contributed by atoms with Crippen molar-refractivity contribution >= 4 is 47.1 Å². The molecule has 3 aromatic rings. The number of amides is 6. The number of aliphatic hydroxyl groups excluding tert-OH is 1. The predicted molar refractivity (Wildman–Crippen MR) is 239 cm³/mol. The average molecular weight is 963 g/mol.